The van der Waals surface area contributed by atoms with Crippen LogP contribution in [0, 0.1) is 0 Å². The lowest BCUT2D eigenvalue weighted by Crippen LogP contribution is -2.45. The fourth-order valence-electron chi connectivity index (χ4n) is 3.04. The number of carboxylic acids is 1. The second-order valence-electron chi connectivity index (χ2n) is 9.00. The molecule has 6 heteroatoms. The maximum Gasteiger partial charge on any atom is 0.308 e. The van der Waals surface area contributed by atoms with E-state index in [1.165, 1.54) is 0 Å². The van der Waals surface area contributed by atoms with E-state index in [0.29, 0.717) is 0 Å². The lowest BCUT2D eigenvalue weighted by atomic mass is 10.0. The highest BCUT2D eigenvalue weighted by Gasteiger charge is 2.40. The molecule has 0 spiro atoms. The van der Waals surface area contributed by atoms with E-state index < -0.39 is 32.5 Å². The van der Waals surface area contributed by atoms with Gasteiger partial charge in [-0.2, -0.15) is 0 Å². The molecule has 5 nitrogen and oxygen atoms in total. The molecular weight excluding hydrogens is 384 g/mol. The van der Waals surface area contributed by atoms with Gasteiger partial charge in [0.05, 0.1) is 18.9 Å². The van der Waals surface area contributed by atoms with Crippen molar-refractivity contribution in [1.29, 1.82) is 0 Å². The van der Waals surface area contributed by atoms with Crippen molar-refractivity contribution in [3.05, 3.63) is 48.0 Å². The van der Waals surface area contributed by atoms with Gasteiger partial charge < -0.3 is 14.3 Å². The maximum atomic E-state index is 12.6. The Morgan fingerprint density at radius 3 is 2.28 bits per heavy atom. The Labute approximate surface area is 174 Å². The molecule has 2 atom stereocenters. The topological polar surface area (TPSA) is 72.8 Å². The van der Waals surface area contributed by atoms with E-state index in [1.807, 2.05) is 62.5 Å². The van der Waals surface area contributed by atoms with Gasteiger partial charge in [0.1, 0.15) is 6.10 Å². The molecule has 0 saturated carbocycles. The van der Waals surface area contributed by atoms with Gasteiger partial charge in [-0.3, -0.25) is 9.59 Å². The summed E-state index contributed by atoms with van der Waals surface area (Å²) < 4.78 is 11.9. The van der Waals surface area contributed by atoms with Gasteiger partial charge in [-0.05, 0) is 41.4 Å². The van der Waals surface area contributed by atoms with Crippen molar-refractivity contribution in [2.75, 3.05) is 0 Å². The van der Waals surface area contributed by atoms with Gasteiger partial charge >= 0.3 is 11.9 Å². The standard InChI is InChI=1S/C23H32O5Si/c1-16(19-13-9-11-17-10-7-8-12-20(17)19)27-22(26)15-18(14-21(24)25)28-29(5,6)23(2,3)4/h7-13,16,18H,14-15H2,1-6H3,(H,24,25)/t16-,18-/m0/s1. The summed E-state index contributed by atoms with van der Waals surface area (Å²) in [6.07, 6.45) is -1.43. The summed E-state index contributed by atoms with van der Waals surface area (Å²) in [4.78, 5) is 23.9. The average Bonchev–Trinajstić information content (AvgIpc) is 2.59. The van der Waals surface area contributed by atoms with Crippen LogP contribution in [0.4, 0.5) is 0 Å². The number of carboxylic acid groups (broad SMARTS) is 1. The van der Waals surface area contributed by atoms with Crippen LogP contribution in [0.3, 0.4) is 0 Å². The minimum absolute atomic E-state index is 0.0755. The van der Waals surface area contributed by atoms with Crippen LogP contribution in [0.15, 0.2) is 42.5 Å². The maximum absolute atomic E-state index is 12.6. The molecule has 2 aromatic rings. The predicted molar refractivity (Wildman–Crippen MR) is 117 cm³/mol. The quantitative estimate of drug-likeness (QED) is 0.441. The Morgan fingerprint density at radius 2 is 1.66 bits per heavy atom. The van der Waals surface area contributed by atoms with Gasteiger partial charge in [-0.1, -0.05) is 63.2 Å². The molecule has 158 valence electrons. The van der Waals surface area contributed by atoms with Crippen LogP contribution in [0.2, 0.25) is 18.1 Å². The minimum atomic E-state index is -2.21. The first-order valence-electron chi connectivity index (χ1n) is 9.97. The lowest BCUT2D eigenvalue weighted by Gasteiger charge is -2.38. The average molecular weight is 417 g/mol. The number of benzene rings is 2. The van der Waals surface area contributed by atoms with Crippen molar-refractivity contribution in [3.63, 3.8) is 0 Å². The molecule has 0 aliphatic carbocycles. The monoisotopic (exact) mass is 416 g/mol. The van der Waals surface area contributed by atoms with Crippen molar-refractivity contribution in [2.24, 2.45) is 0 Å². The molecule has 0 radical (unpaired) electrons. The van der Waals surface area contributed by atoms with Gasteiger partial charge in [0.15, 0.2) is 8.32 Å². The summed E-state index contributed by atoms with van der Waals surface area (Å²) in [5, 5.41) is 11.3. The normalized spacial score (nSPS) is 14.4. The smallest absolute Gasteiger partial charge is 0.308 e. The number of ether oxygens (including phenoxy) is 1. The number of hydrogen-bond donors (Lipinski definition) is 1. The van der Waals surface area contributed by atoms with Crippen LogP contribution in [0.5, 0.6) is 0 Å². The fraction of sp³-hybridized carbons (Fsp3) is 0.478. The summed E-state index contributed by atoms with van der Waals surface area (Å²) in [6.45, 7) is 12.2. The van der Waals surface area contributed by atoms with E-state index in [0.717, 1.165) is 16.3 Å². The Hall–Kier alpha value is -2.18. The molecule has 2 rings (SSSR count). The second kappa shape index (κ2) is 9.09. The molecular formula is C23H32O5Si. The third-order valence-electron chi connectivity index (χ3n) is 5.63. The van der Waals surface area contributed by atoms with E-state index in [-0.39, 0.29) is 17.9 Å². The summed E-state index contributed by atoms with van der Waals surface area (Å²) in [5.41, 5.74) is 0.927. The molecule has 0 saturated heterocycles. The summed E-state index contributed by atoms with van der Waals surface area (Å²) in [6, 6.07) is 13.8. The molecule has 0 heterocycles. The van der Waals surface area contributed by atoms with Gasteiger partial charge in [0, 0.05) is 0 Å². The van der Waals surface area contributed by atoms with Crippen molar-refractivity contribution >= 4 is 31.0 Å². The number of esters is 1. The van der Waals surface area contributed by atoms with E-state index in [1.54, 1.807) is 0 Å². The molecule has 0 unspecified atom stereocenters. The van der Waals surface area contributed by atoms with Crippen molar-refractivity contribution in [2.45, 2.75) is 70.9 Å². The Kier molecular flexibility index (Phi) is 7.24. The highest BCUT2D eigenvalue weighted by Crippen LogP contribution is 2.38. The molecule has 29 heavy (non-hydrogen) atoms. The zero-order valence-corrected chi connectivity index (χ0v) is 19.2. The third-order valence-corrected chi connectivity index (χ3v) is 10.2. The van der Waals surface area contributed by atoms with Crippen LogP contribution in [0.25, 0.3) is 10.8 Å². The Morgan fingerprint density at radius 1 is 1.03 bits per heavy atom. The fourth-order valence-corrected chi connectivity index (χ4v) is 4.40. The van der Waals surface area contributed by atoms with E-state index in [4.69, 9.17) is 9.16 Å². The highest BCUT2D eigenvalue weighted by atomic mass is 28.4. The highest BCUT2D eigenvalue weighted by molar-refractivity contribution is 6.74. The van der Waals surface area contributed by atoms with Gasteiger partial charge in [0.2, 0.25) is 0 Å². The van der Waals surface area contributed by atoms with Gasteiger partial charge in [0.25, 0.3) is 0 Å². The first kappa shape index (κ1) is 23.1. The molecule has 0 bridgehead atoms. The number of hydrogen-bond acceptors (Lipinski definition) is 4. The number of fused-ring (bicyclic) bond motifs is 1. The molecule has 1 N–H and O–H groups in total. The number of carbonyl (C=O) groups is 2. The SMILES string of the molecule is C[C@H](OC(=O)C[C@H](CC(=O)O)O[Si](C)(C)C(C)(C)C)c1cccc2ccccc12. The first-order chi connectivity index (χ1) is 13.4. The molecule has 2 aromatic carbocycles. The second-order valence-corrected chi connectivity index (χ2v) is 13.8. The van der Waals surface area contributed by atoms with Crippen LogP contribution in [-0.2, 0) is 18.8 Å². The summed E-state index contributed by atoms with van der Waals surface area (Å²) in [5.74, 6) is -1.43. The lowest BCUT2D eigenvalue weighted by molar-refractivity contribution is -0.151. The predicted octanol–water partition coefficient (Wildman–Crippen LogP) is 5.70. The molecule has 0 amide bonds. The zero-order chi connectivity index (χ0) is 21.8. The first-order valence-corrected chi connectivity index (χ1v) is 12.9. The van der Waals surface area contributed by atoms with E-state index in [2.05, 4.69) is 20.8 Å². The van der Waals surface area contributed by atoms with Crippen LogP contribution < -0.4 is 0 Å². The summed E-state index contributed by atoms with van der Waals surface area (Å²) in [7, 11) is -2.21. The summed E-state index contributed by atoms with van der Waals surface area (Å²) >= 11 is 0. The van der Waals surface area contributed by atoms with Crippen molar-refractivity contribution in [1.82, 2.24) is 0 Å². The van der Waals surface area contributed by atoms with Crippen LogP contribution in [0.1, 0.15) is 52.2 Å². The van der Waals surface area contributed by atoms with Crippen LogP contribution >= 0.6 is 0 Å². The molecule has 0 aliphatic rings. The molecule has 0 fully saturated rings. The van der Waals surface area contributed by atoms with Crippen molar-refractivity contribution < 1.29 is 23.9 Å². The molecule has 0 aromatic heterocycles. The van der Waals surface area contributed by atoms with E-state index >= 15 is 0 Å². The number of aliphatic carboxylic acids is 1. The Bertz CT molecular complexity index is 864. The Balaban J connectivity index is 2.12. The third kappa shape index (κ3) is 6.15. The van der Waals surface area contributed by atoms with Crippen molar-refractivity contribution in [3.8, 4) is 0 Å². The molecule has 0 aliphatic heterocycles. The van der Waals surface area contributed by atoms with Crippen LogP contribution in [-0.4, -0.2) is 31.5 Å². The number of carbonyl (C=O) groups excluding carboxylic acids is 1. The van der Waals surface area contributed by atoms with E-state index in [9.17, 15) is 14.7 Å². The van der Waals surface area contributed by atoms with Gasteiger partial charge in [-0.15, -0.1) is 0 Å². The largest absolute Gasteiger partial charge is 0.481 e. The number of rotatable bonds is 8. The van der Waals surface area contributed by atoms with Gasteiger partial charge in [-0.25, -0.2) is 0 Å². The zero-order valence-electron chi connectivity index (χ0n) is 18.2. The minimum Gasteiger partial charge on any atom is -0.481 e.